The van der Waals surface area contributed by atoms with Crippen molar-refractivity contribution in [3.63, 3.8) is 0 Å². The van der Waals surface area contributed by atoms with Gasteiger partial charge in [-0.1, -0.05) is 25.5 Å². The molecule has 0 bridgehead atoms. The third-order valence-electron chi connectivity index (χ3n) is 4.44. The van der Waals surface area contributed by atoms with Crippen LogP contribution < -0.4 is 10.2 Å². The third-order valence-corrected chi connectivity index (χ3v) is 4.44. The summed E-state index contributed by atoms with van der Waals surface area (Å²) in [4.78, 5) is 27.2. The Morgan fingerprint density at radius 1 is 1.29 bits per heavy atom. The summed E-state index contributed by atoms with van der Waals surface area (Å²) in [6, 6.07) is 7.18. The number of para-hydroxylation sites is 1. The number of hydrogen-bond acceptors (Lipinski definition) is 2. The molecule has 112 valence electrons. The zero-order chi connectivity index (χ0) is 15.0. The van der Waals surface area contributed by atoms with Gasteiger partial charge in [-0.15, -0.1) is 0 Å². The normalized spacial score (nSPS) is 23.3. The van der Waals surface area contributed by atoms with Crippen LogP contribution in [0.25, 0.3) is 0 Å². The molecule has 2 unspecified atom stereocenters. The van der Waals surface area contributed by atoms with Crippen LogP contribution >= 0.6 is 0 Å². The molecular formula is C17H22N2O2. The largest absolute Gasteiger partial charge is 0.340 e. The van der Waals surface area contributed by atoms with Crippen molar-refractivity contribution in [1.82, 2.24) is 5.32 Å². The van der Waals surface area contributed by atoms with Gasteiger partial charge in [0.2, 0.25) is 5.91 Å². The second-order valence-electron chi connectivity index (χ2n) is 6.15. The van der Waals surface area contributed by atoms with Gasteiger partial charge >= 0.3 is 0 Å². The SMILES string of the molecule is CCCC(C)N1C(=O)C(C2CC2)NC(=O)c2ccccc21. The molecule has 4 heteroatoms. The van der Waals surface area contributed by atoms with Gasteiger partial charge in [0, 0.05) is 6.04 Å². The molecule has 2 amide bonds. The van der Waals surface area contributed by atoms with Crippen LogP contribution in [0.4, 0.5) is 5.69 Å². The zero-order valence-electron chi connectivity index (χ0n) is 12.6. The molecule has 3 rings (SSSR count). The summed E-state index contributed by atoms with van der Waals surface area (Å²) in [6.45, 7) is 4.18. The minimum absolute atomic E-state index is 0.0525. The van der Waals surface area contributed by atoms with E-state index in [2.05, 4.69) is 19.2 Å². The van der Waals surface area contributed by atoms with Crippen molar-refractivity contribution in [3.8, 4) is 0 Å². The first-order valence-corrected chi connectivity index (χ1v) is 7.86. The first-order valence-electron chi connectivity index (χ1n) is 7.86. The van der Waals surface area contributed by atoms with Gasteiger partial charge in [0.25, 0.3) is 5.91 Å². The van der Waals surface area contributed by atoms with E-state index >= 15 is 0 Å². The number of benzene rings is 1. The van der Waals surface area contributed by atoms with Crippen LogP contribution in [-0.4, -0.2) is 23.9 Å². The Morgan fingerprint density at radius 2 is 2.00 bits per heavy atom. The highest BCUT2D eigenvalue weighted by molar-refractivity contribution is 6.11. The Bertz CT molecular complexity index is 566. The molecule has 2 atom stereocenters. The van der Waals surface area contributed by atoms with Crippen molar-refractivity contribution in [3.05, 3.63) is 29.8 Å². The smallest absolute Gasteiger partial charge is 0.254 e. The van der Waals surface area contributed by atoms with Gasteiger partial charge in [-0.25, -0.2) is 0 Å². The average Bonchev–Trinajstić information content (AvgIpc) is 3.29. The predicted octanol–water partition coefficient (Wildman–Crippen LogP) is 2.73. The molecule has 1 aliphatic heterocycles. The predicted molar refractivity (Wildman–Crippen MR) is 82.3 cm³/mol. The average molecular weight is 286 g/mol. The first kappa shape index (κ1) is 14.1. The minimum Gasteiger partial charge on any atom is -0.340 e. The van der Waals surface area contributed by atoms with E-state index in [1.54, 1.807) is 6.07 Å². The zero-order valence-corrected chi connectivity index (χ0v) is 12.6. The Labute approximate surface area is 125 Å². The van der Waals surface area contributed by atoms with Crippen molar-refractivity contribution < 1.29 is 9.59 Å². The van der Waals surface area contributed by atoms with Crippen LogP contribution in [0.1, 0.15) is 49.9 Å². The van der Waals surface area contributed by atoms with Crippen LogP contribution in [-0.2, 0) is 4.79 Å². The van der Waals surface area contributed by atoms with E-state index in [1.807, 2.05) is 23.1 Å². The maximum atomic E-state index is 13.0. The number of anilines is 1. The molecule has 0 saturated heterocycles. The molecule has 0 spiro atoms. The highest BCUT2D eigenvalue weighted by Gasteiger charge is 2.43. The van der Waals surface area contributed by atoms with E-state index in [-0.39, 0.29) is 23.9 Å². The highest BCUT2D eigenvalue weighted by atomic mass is 16.2. The van der Waals surface area contributed by atoms with Gasteiger partial charge in [0.1, 0.15) is 6.04 Å². The lowest BCUT2D eigenvalue weighted by atomic mass is 10.1. The fourth-order valence-corrected chi connectivity index (χ4v) is 3.18. The number of nitrogens with one attached hydrogen (secondary N) is 1. The molecule has 1 aliphatic carbocycles. The number of rotatable bonds is 4. The Morgan fingerprint density at radius 3 is 2.67 bits per heavy atom. The topological polar surface area (TPSA) is 49.4 Å². The lowest BCUT2D eigenvalue weighted by Crippen LogP contribution is -2.50. The van der Waals surface area contributed by atoms with Crippen LogP contribution in [0, 0.1) is 5.92 Å². The Hall–Kier alpha value is -1.84. The van der Waals surface area contributed by atoms with Crippen molar-refractivity contribution in [2.24, 2.45) is 5.92 Å². The van der Waals surface area contributed by atoms with Gasteiger partial charge in [0.15, 0.2) is 0 Å². The maximum Gasteiger partial charge on any atom is 0.254 e. The molecule has 1 fully saturated rings. The summed E-state index contributed by atoms with van der Waals surface area (Å²) in [5, 5.41) is 2.94. The summed E-state index contributed by atoms with van der Waals surface area (Å²) in [5.41, 5.74) is 1.36. The number of carbonyl (C=O) groups is 2. The van der Waals surface area contributed by atoms with Crippen LogP contribution in [0.15, 0.2) is 24.3 Å². The highest BCUT2D eigenvalue weighted by Crippen LogP contribution is 2.37. The molecule has 1 saturated carbocycles. The summed E-state index contributed by atoms with van der Waals surface area (Å²) in [7, 11) is 0. The van der Waals surface area contributed by atoms with Crippen LogP contribution in [0.5, 0.6) is 0 Å². The van der Waals surface area contributed by atoms with E-state index in [1.165, 1.54) is 0 Å². The Balaban J connectivity index is 2.04. The number of carbonyl (C=O) groups excluding carboxylic acids is 2. The van der Waals surface area contributed by atoms with Crippen LogP contribution in [0.2, 0.25) is 0 Å². The number of hydrogen-bond donors (Lipinski definition) is 1. The lowest BCUT2D eigenvalue weighted by molar-refractivity contribution is -0.121. The van der Waals surface area contributed by atoms with E-state index < -0.39 is 0 Å². The van der Waals surface area contributed by atoms with Gasteiger partial charge in [0.05, 0.1) is 11.3 Å². The lowest BCUT2D eigenvalue weighted by Gasteiger charge is -2.31. The maximum absolute atomic E-state index is 13.0. The molecule has 0 radical (unpaired) electrons. The monoisotopic (exact) mass is 286 g/mol. The summed E-state index contributed by atoms with van der Waals surface area (Å²) >= 11 is 0. The fourth-order valence-electron chi connectivity index (χ4n) is 3.18. The molecule has 2 aliphatic rings. The molecule has 1 N–H and O–H groups in total. The molecule has 21 heavy (non-hydrogen) atoms. The molecular weight excluding hydrogens is 264 g/mol. The van der Waals surface area contributed by atoms with E-state index in [0.29, 0.717) is 11.5 Å². The molecule has 1 aromatic rings. The number of fused-ring (bicyclic) bond motifs is 1. The standard InChI is InChI=1S/C17H22N2O2/c1-3-6-11(2)19-14-8-5-4-7-13(14)16(20)18-15(17(19)21)12-9-10-12/h4-5,7-8,11-12,15H,3,6,9-10H2,1-2H3,(H,18,20). The van der Waals surface area contributed by atoms with E-state index in [4.69, 9.17) is 0 Å². The van der Waals surface area contributed by atoms with Gasteiger partial charge in [-0.2, -0.15) is 0 Å². The van der Waals surface area contributed by atoms with Crippen LogP contribution in [0.3, 0.4) is 0 Å². The summed E-state index contributed by atoms with van der Waals surface area (Å²) in [6.07, 6.45) is 4.01. The van der Waals surface area contributed by atoms with E-state index in [9.17, 15) is 9.59 Å². The second-order valence-corrected chi connectivity index (χ2v) is 6.15. The number of amides is 2. The van der Waals surface area contributed by atoms with Crippen molar-refractivity contribution in [2.75, 3.05) is 4.90 Å². The molecule has 4 nitrogen and oxygen atoms in total. The molecule has 1 aromatic carbocycles. The quantitative estimate of drug-likeness (QED) is 0.925. The molecule has 1 heterocycles. The van der Waals surface area contributed by atoms with Crippen molar-refractivity contribution >= 4 is 17.5 Å². The van der Waals surface area contributed by atoms with Gasteiger partial charge in [-0.3, -0.25) is 9.59 Å². The van der Waals surface area contributed by atoms with Gasteiger partial charge < -0.3 is 10.2 Å². The minimum atomic E-state index is -0.357. The second kappa shape index (κ2) is 5.51. The van der Waals surface area contributed by atoms with Crippen molar-refractivity contribution in [1.29, 1.82) is 0 Å². The fraction of sp³-hybridized carbons (Fsp3) is 0.529. The summed E-state index contributed by atoms with van der Waals surface area (Å²) < 4.78 is 0. The molecule has 0 aromatic heterocycles. The van der Waals surface area contributed by atoms with E-state index in [0.717, 1.165) is 31.4 Å². The Kier molecular flexibility index (Phi) is 3.70. The first-order chi connectivity index (χ1) is 10.1. The number of nitrogens with zero attached hydrogens (tertiary/aromatic N) is 1. The third kappa shape index (κ3) is 2.55. The summed E-state index contributed by atoms with van der Waals surface area (Å²) in [5.74, 6) is 0.242. The van der Waals surface area contributed by atoms with Crippen molar-refractivity contribution in [2.45, 2.75) is 51.6 Å². The van der Waals surface area contributed by atoms with Gasteiger partial charge in [-0.05, 0) is 44.2 Å².